The van der Waals surface area contributed by atoms with Crippen LogP contribution in [0.25, 0.3) is 5.69 Å². The summed E-state index contributed by atoms with van der Waals surface area (Å²) in [4.78, 5) is 12.4. The summed E-state index contributed by atoms with van der Waals surface area (Å²) in [6.45, 7) is 1.68. The summed E-state index contributed by atoms with van der Waals surface area (Å²) >= 11 is 0. The highest BCUT2D eigenvalue weighted by Gasteiger charge is 2.14. The van der Waals surface area contributed by atoms with Gasteiger partial charge in [-0.1, -0.05) is 30.3 Å². The summed E-state index contributed by atoms with van der Waals surface area (Å²) in [5.74, 6) is 0.440. The van der Waals surface area contributed by atoms with Crippen molar-refractivity contribution < 1.29 is 9.90 Å². The van der Waals surface area contributed by atoms with Gasteiger partial charge in [0.1, 0.15) is 0 Å². The molecule has 1 amide bonds. The number of aromatic nitrogens is 4. The SMILES string of the molecule is Cc1nnnn1-c1ccc(C(=O)N[C@@H](CO)Cc2ccccc2)cc1. The molecule has 2 N–H and O–H groups in total. The first-order valence-electron chi connectivity index (χ1n) is 7.98. The summed E-state index contributed by atoms with van der Waals surface area (Å²) in [6, 6.07) is 16.4. The van der Waals surface area contributed by atoms with E-state index in [9.17, 15) is 9.90 Å². The molecule has 7 nitrogen and oxygen atoms in total. The molecule has 1 atom stereocenters. The Labute approximate surface area is 145 Å². The second kappa shape index (κ2) is 7.67. The van der Waals surface area contributed by atoms with Crippen LogP contribution in [0.1, 0.15) is 21.7 Å². The zero-order chi connectivity index (χ0) is 17.6. The highest BCUT2D eigenvalue weighted by Crippen LogP contribution is 2.10. The van der Waals surface area contributed by atoms with Crippen molar-refractivity contribution in [2.75, 3.05) is 6.61 Å². The Balaban J connectivity index is 1.67. The number of benzene rings is 2. The largest absolute Gasteiger partial charge is 0.394 e. The van der Waals surface area contributed by atoms with Crippen LogP contribution in [0, 0.1) is 6.92 Å². The van der Waals surface area contributed by atoms with Crippen LogP contribution in [0.4, 0.5) is 0 Å². The standard InChI is InChI=1S/C18H19N5O2/c1-13-20-21-22-23(13)17-9-7-15(8-10-17)18(25)19-16(12-24)11-14-5-3-2-4-6-14/h2-10,16,24H,11-12H2,1H3,(H,19,25)/t16-/m1/s1. The van der Waals surface area contributed by atoms with E-state index in [0.29, 0.717) is 17.8 Å². The maximum atomic E-state index is 12.4. The molecule has 128 valence electrons. The van der Waals surface area contributed by atoms with Gasteiger partial charge in [-0.15, -0.1) is 5.10 Å². The van der Waals surface area contributed by atoms with Gasteiger partial charge in [0, 0.05) is 5.56 Å². The summed E-state index contributed by atoms with van der Waals surface area (Å²) in [5, 5.41) is 23.7. The topological polar surface area (TPSA) is 92.9 Å². The summed E-state index contributed by atoms with van der Waals surface area (Å²) in [7, 11) is 0. The average molecular weight is 337 g/mol. The second-order valence-corrected chi connectivity index (χ2v) is 5.73. The lowest BCUT2D eigenvalue weighted by molar-refractivity contribution is 0.0916. The van der Waals surface area contributed by atoms with Gasteiger partial charge >= 0.3 is 0 Å². The molecule has 1 heterocycles. The molecule has 0 bridgehead atoms. The summed E-state index contributed by atoms with van der Waals surface area (Å²) in [5.41, 5.74) is 2.36. The molecular formula is C18H19N5O2. The molecule has 0 radical (unpaired) electrons. The molecule has 25 heavy (non-hydrogen) atoms. The molecule has 3 rings (SSSR count). The van der Waals surface area contributed by atoms with E-state index >= 15 is 0 Å². The first-order chi connectivity index (χ1) is 12.2. The summed E-state index contributed by atoms with van der Waals surface area (Å²) in [6.07, 6.45) is 0.574. The van der Waals surface area contributed by atoms with E-state index in [0.717, 1.165) is 11.3 Å². The third-order valence-corrected chi connectivity index (χ3v) is 3.88. The fourth-order valence-corrected chi connectivity index (χ4v) is 2.55. The minimum atomic E-state index is -0.337. The Morgan fingerprint density at radius 1 is 1.16 bits per heavy atom. The average Bonchev–Trinajstić information content (AvgIpc) is 3.08. The van der Waals surface area contributed by atoms with Crippen molar-refractivity contribution >= 4 is 5.91 Å². The van der Waals surface area contributed by atoms with E-state index in [1.807, 2.05) is 30.3 Å². The van der Waals surface area contributed by atoms with E-state index in [-0.39, 0.29) is 18.6 Å². The minimum Gasteiger partial charge on any atom is -0.394 e. The fraction of sp³-hybridized carbons (Fsp3) is 0.222. The number of nitrogens with one attached hydrogen (secondary N) is 1. The number of nitrogens with zero attached hydrogens (tertiary/aromatic N) is 4. The van der Waals surface area contributed by atoms with Crippen LogP contribution in [-0.2, 0) is 6.42 Å². The predicted molar refractivity (Wildman–Crippen MR) is 92.4 cm³/mol. The normalized spacial score (nSPS) is 11.9. The number of rotatable bonds is 6. The molecule has 0 aliphatic heterocycles. The van der Waals surface area contributed by atoms with Gasteiger partial charge in [0.05, 0.1) is 18.3 Å². The third-order valence-electron chi connectivity index (χ3n) is 3.88. The van der Waals surface area contributed by atoms with E-state index in [1.165, 1.54) is 0 Å². The number of carbonyl (C=O) groups excluding carboxylic acids is 1. The Hall–Kier alpha value is -3.06. The maximum Gasteiger partial charge on any atom is 0.251 e. The molecular weight excluding hydrogens is 318 g/mol. The third kappa shape index (κ3) is 4.07. The van der Waals surface area contributed by atoms with E-state index in [1.54, 1.807) is 35.9 Å². The fourth-order valence-electron chi connectivity index (χ4n) is 2.55. The monoisotopic (exact) mass is 337 g/mol. The molecule has 0 saturated carbocycles. The van der Waals surface area contributed by atoms with Crippen molar-refractivity contribution in [1.82, 2.24) is 25.5 Å². The van der Waals surface area contributed by atoms with Crippen LogP contribution in [0.2, 0.25) is 0 Å². The number of carbonyl (C=O) groups is 1. The van der Waals surface area contributed by atoms with Crippen molar-refractivity contribution in [3.8, 4) is 5.69 Å². The van der Waals surface area contributed by atoms with Gasteiger partial charge < -0.3 is 10.4 Å². The van der Waals surface area contributed by atoms with Crippen molar-refractivity contribution in [2.45, 2.75) is 19.4 Å². The lowest BCUT2D eigenvalue weighted by Gasteiger charge is -2.16. The number of aryl methyl sites for hydroxylation is 1. The van der Waals surface area contributed by atoms with Gasteiger partial charge in [0.2, 0.25) is 0 Å². The zero-order valence-electron chi connectivity index (χ0n) is 13.8. The van der Waals surface area contributed by atoms with Gasteiger partial charge in [-0.2, -0.15) is 4.68 Å². The Bertz CT molecular complexity index is 830. The van der Waals surface area contributed by atoms with E-state index in [4.69, 9.17) is 0 Å². The van der Waals surface area contributed by atoms with Gasteiger partial charge in [0.25, 0.3) is 5.91 Å². The van der Waals surface area contributed by atoms with Crippen molar-refractivity contribution in [1.29, 1.82) is 0 Å². The number of hydrogen-bond acceptors (Lipinski definition) is 5. The molecule has 7 heteroatoms. The number of tetrazole rings is 1. The van der Waals surface area contributed by atoms with Gasteiger partial charge in [-0.25, -0.2) is 0 Å². The Morgan fingerprint density at radius 2 is 1.88 bits per heavy atom. The van der Waals surface area contributed by atoms with E-state index < -0.39 is 0 Å². The first-order valence-corrected chi connectivity index (χ1v) is 7.98. The molecule has 2 aromatic carbocycles. The zero-order valence-corrected chi connectivity index (χ0v) is 13.8. The van der Waals surface area contributed by atoms with Crippen LogP contribution >= 0.6 is 0 Å². The van der Waals surface area contributed by atoms with Gasteiger partial charge in [0.15, 0.2) is 5.82 Å². The van der Waals surface area contributed by atoms with Crippen molar-refractivity contribution in [3.05, 3.63) is 71.5 Å². The molecule has 0 aliphatic carbocycles. The van der Waals surface area contributed by atoms with Crippen molar-refractivity contribution in [3.63, 3.8) is 0 Å². The number of hydrogen-bond donors (Lipinski definition) is 2. The highest BCUT2D eigenvalue weighted by atomic mass is 16.3. The van der Waals surface area contributed by atoms with Crippen LogP contribution in [0.15, 0.2) is 54.6 Å². The number of aliphatic hydroxyl groups is 1. The van der Waals surface area contributed by atoms with Crippen LogP contribution in [0.3, 0.4) is 0 Å². The molecule has 0 fully saturated rings. The molecule has 0 aliphatic rings. The van der Waals surface area contributed by atoms with Gasteiger partial charge in [-0.05, 0) is 53.6 Å². The molecule has 3 aromatic rings. The van der Waals surface area contributed by atoms with Crippen LogP contribution in [-0.4, -0.2) is 43.9 Å². The minimum absolute atomic E-state index is 0.122. The second-order valence-electron chi connectivity index (χ2n) is 5.73. The summed E-state index contributed by atoms with van der Waals surface area (Å²) < 4.78 is 1.59. The molecule has 1 aromatic heterocycles. The smallest absolute Gasteiger partial charge is 0.251 e. The number of aliphatic hydroxyl groups excluding tert-OH is 1. The Kier molecular flexibility index (Phi) is 5.15. The van der Waals surface area contributed by atoms with Crippen molar-refractivity contribution in [2.24, 2.45) is 0 Å². The lowest BCUT2D eigenvalue weighted by Crippen LogP contribution is -2.39. The predicted octanol–water partition coefficient (Wildman–Crippen LogP) is 1.30. The quantitative estimate of drug-likeness (QED) is 0.707. The van der Waals surface area contributed by atoms with Gasteiger partial charge in [-0.3, -0.25) is 4.79 Å². The molecule has 0 spiro atoms. The lowest BCUT2D eigenvalue weighted by atomic mass is 10.1. The van der Waals surface area contributed by atoms with Crippen LogP contribution in [0.5, 0.6) is 0 Å². The highest BCUT2D eigenvalue weighted by molar-refractivity contribution is 5.94. The maximum absolute atomic E-state index is 12.4. The number of amides is 1. The molecule has 0 saturated heterocycles. The first kappa shape index (κ1) is 16.8. The Morgan fingerprint density at radius 3 is 2.48 bits per heavy atom. The van der Waals surface area contributed by atoms with E-state index in [2.05, 4.69) is 20.8 Å². The molecule has 0 unspecified atom stereocenters. The van der Waals surface area contributed by atoms with Crippen LogP contribution < -0.4 is 5.32 Å².